The van der Waals surface area contributed by atoms with E-state index in [0.717, 1.165) is 5.56 Å². The molecule has 3 nitrogen and oxygen atoms in total. The van der Waals surface area contributed by atoms with Crippen molar-refractivity contribution < 1.29 is 13.6 Å². The molecule has 0 N–H and O–H groups in total. The van der Waals surface area contributed by atoms with Crippen LogP contribution in [0.4, 0.5) is 4.39 Å². The van der Waals surface area contributed by atoms with Gasteiger partial charge in [0.25, 0.3) is 5.91 Å². The van der Waals surface area contributed by atoms with E-state index in [2.05, 4.69) is 15.9 Å². The smallest absolute Gasteiger partial charge is 0.266 e. The van der Waals surface area contributed by atoms with Gasteiger partial charge in [-0.15, -0.1) is 0 Å². The van der Waals surface area contributed by atoms with Crippen LogP contribution in [0.1, 0.15) is 11.3 Å². The number of hydrogen-bond acceptors (Lipinski definition) is 4. The molecule has 0 aliphatic carbocycles. The molecule has 0 spiro atoms. The minimum Gasteiger partial charge on any atom is -0.450 e. The van der Waals surface area contributed by atoms with Gasteiger partial charge >= 0.3 is 0 Å². The molecule has 0 atom stereocenters. The average molecular weight is 398 g/mol. The number of nitrogens with zero attached hydrogens (tertiary/aromatic N) is 1. The second-order valence-electron chi connectivity index (χ2n) is 4.54. The van der Waals surface area contributed by atoms with Gasteiger partial charge in [0, 0.05) is 6.08 Å². The van der Waals surface area contributed by atoms with E-state index in [-0.39, 0.29) is 11.7 Å². The van der Waals surface area contributed by atoms with Crippen molar-refractivity contribution in [1.29, 1.82) is 0 Å². The fourth-order valence-electron chi connectivity index (χ4n) is 1.94. The third-order valence-electron chi connectivity index (χ3n) is 2.99. The molecule has 1 amide bonds. The predicted octanol–water partition coefficient (Wildman–Crippen LogP) is 4.58. The van der Waals surface area contributed by atoms with Crippen molar-refractivity contribution >= 4 is 56.2 Å². The van der Waals surface area contributed by atoms with E-state index in [9.17, 15) is 9.18 Å². The second-order valence-corrected chi connectivity index (χ2v) is 6.99. The Kier molecular flexibility index (Phi) is 4.46. The van der Waals surface area contributed by atoms with E-state index in [0.29, 0.717) is 26.2 Å². The summed E-state index contributed by atoms with van der Waals surface area (Å²) in [6, 6.07) is 9.52. The first-order valence-corrected chi connectivity index (χ1v) is 8.30. The summed E-state index contributed by atoms with van der Waals surface area (Å²) >= 11 is 9.70. The Morgan fingerprint density at radius 3 is 2.64 bits per heavy atom. The predicted molar refractivity (Wildman–Crippen MR) is 91.5 cm³/mol. The maximum Gasteiger partial charge on any atom is 0.266 e. The molecule has 2 aromatic rings. The summed E-state index contributed by atoms with van der Waals surface area (Å²) in [4.78, 5) is 14.4. The highest BCUT2D eigenvalue weighted by atomic mass is 79.9. The second kappa shape index (κ2) is 6.36. The van der Waals surface area contributed by atoms with Crippen LogP contribution in [0, 0.1) is 5.82 Å². The normalized spacial score (nSPS) is 16.8. The lowest BCUT2D eigenvalue weighted by molar-refractivity contribution is -0.122. The highest BCUT2D eigenvalue weighted by Gasteiger charge is 2.32. The van der Waals surface area contributed by atoms with Crippen LogP contribution < -0.4 is 0 Å². The largest absolute Gasteiger partial charge is 0.450 e. The van der Waals surface area contributed by atoms with Crippen LogP contribution in [-0.2, 0) is 11.3 Å². The molecule has 1 saturated heterocycles. The number of carbonyl (C=O) groups excluding carboxylic acids is 1. The zero-order chi connectivity index (χ0) is 15.7. The molecule has 0 unspecified atom stereocenters. The SMILES string of the molecule is O=C1/C(=C/c2ccc(Br)o2)SC(=S)N1Cc1ccc(F)cc1. The Balaban J connectivity index is 1.79. The lowest BCUT2D eigenvalue weighted by Crippen LogP contribution is -2.27. The molecule has 7 heteroatoms. The van der Waals surface area contributed by atoms with Crippen LogP contribution in [0.3, 0.4) is 0 Å². The van der Waals surface area contributed by atoms with Gasteiger partial charge in [-0.25, -0.2) is 4.39 Å². The van der Waals surface area contributed by atoms with Gasteiger partial charge in [0.2, 0.25) is 0 Å². The number of thioether (sulfide) groups is 1. The first-order valence-electron chi connectivity index (χ1n) is 6.28. The van der Waals surface area contributed by atoms with Crippen LogP contribution in [0.25, 0.3) is 6.08 Å². The van der Waals surface area contributed by atoms with Gasteiger partial charge in [-0.2, -0.15) is 0 Å². The summed E-state index contributed by atoms with van der Waals surface area (Å²) in [7, 11) is 0. The van der Waals surface area contributed by atoms with Gasteiger partial charge in [0.15, 0.2) is 4.67 Å². The Labute approximate surface area is 144 Å². The number of carbonyl (C=O) groups is 1. The Morgan fingerprint density at radius 2 is 2.00 bits per heavy atom. The highest BCUT2D eigenvalue weighted by Crippen LogP contribution is 2.34. The summed E-state index contributed by atoms with van der Waals surface area (Å²) < 4.78 is 19.4. The quantitative estimate of drug-likeness (QED) is 0.560. The molecule has 1 fully saturated rings. The zero-order valence-corrected chi connectivity index (χ0v) is 14.3. The summed E-state index contributed by atoms with van der Waals surface area (Å²) in [6.07, 6.45) is 1.66. The minimum atomic E-state index is -0.308. The summed E-state index contributed by atoms with van der Waals surface area (Å²) in [5.74, 6) is 0.0958. The third kappa shape index (κ3) is 3.31. The maximum atomic E-state index is 12.9. The lowest BCUT2D eigenvalue weighted by Gasteiger charge is -2.14. The van der Waals surface area contributed by atoms with E-state index < -0.39 is 0 Å². The number of thiocarbonyl (C=S) groups is 1. The van der Waals surface area contributed by atoms with Crippen molar-refractivity contribution in [2.24, 2.45) is 0 Å². The molecule has 0 radical (unpaired) electrons. The Hall–Kier alpha value is -1.44. The summed E-state index contributed by atoms with van der Waals surface area (Å²) in [6.45, 7) is 0.324. The first kappa shape index (κ1) is 15.5. The van der Waals surface area contributed by atoms with Gasteiger partial charge in [-0.3, -0.25) is 9.69 Å². The van der Waals surface area contributed by atoms with Gasteiger partial charge in [0.1, 0.15) is 15.9 Å². The number of hydrogen-bond donors (Lipinski definition) is 0. The number of furan rings is 1. The molecule has 0 bridgehead atoms. The Bertz CT molecular complexity index is 770. The van der Waals surface area contributed by atoms with Crippen LogP contribution in [0.15, 0.2) is 50.4 Å². The molecule has 1 aromatic heterocycles. The molecule has 0 saturated carbocycles. The molecular weight excluding hydrogens is 389 g/mol. The van der Waals surface area contributed by atoms with Gasteiger partial charge in [-0.05, 0) is 45.8 Å². The monoisotopic (exact) mass is 397 g/mol. The Morgan fingerprint density at radius 1 is 1.27 bits per heavy atom. The van der Waals surface area contributed by atoms with E-state index in [1.165, 1.54) is 28.8 Å². The van der Waals surface area contributed by atoms with Crippen molar-refractivity contribution in [3.8, 4) is 0 Å². The van der Waals surface area contributed by atoms with Crippen LogP contribution in [-0.4, -0.2) is 15.1 Å². The molecule has 112 valence electrons. The number of benzene rings is 1. The fourth-order valence-corrected chi connectivity index (χ4v) is 3.50. The number of rotatable bonds is 3. The van der Waals surface area contributed by atoms with Crippen molar-refractivity contribution in [1.82, 2.24) is 4.90 Å². The van der Waals surface area contributed by atoms with Crippen LogP contribution >= 0.6 is 39.9 Å². The highest BCUT2D eigenvalue weighted by molar-refractivity contribution is 9.10. The van der Waals surface area contributed by atoms with E-state index in [1.807, 2.05) is 0 Å². The molecule has 2 heterocycles. The van der Waals surface area contributed by atoms with Crippen molar-refractivity contribution in [2.45, 2.75) is 6.54 Å². The molecule has 3 rings (SSSR count). The molecule has 1 aromatic carbocycles. The number of halogens is 2. The zero-order valence-electron chi connectivity index (χ0n) is 11.1. The van der Waals surface area contributed by atoms with Crippen molar-refractivity contribution in [3.63, 3.8) is 0 Å². The number of amides is 1. The molecule has 1 aliphatic heterocycles. The van der Waals surface area contributed by atoms with Gasteiger partial charge in [0.05, 0.1) is 11.4 Å². The van der Waals surface area contributed by atoms with Crippen LogP contribution in [0.5, 0.6) is 0 Å². The molecule has 1 aliphatic rings. The van der Waals surface area contributed by atoms with E-state index >= 15 is 0 Å². The third-order valence-corrected chi connectivity index (χ3v) is 4.80. The van der Waals surface area contributed by atoms with Crippen molar-refractivity contribution in [3.05, 3.63) is 63.1 Å². The van der Waals surface area contributed by atoms with Crippen LogP contribution in [0.2, 0.25) is 0 Å². The van der Waals surface area contributed by atoms with Gasteiger partial charge < -0.3 is 4.42 Å². The lowest BCUT2D eigenvalue weighted by atomic mass is 10.2. The van der Waals surface area contributed by atoms with Crippen molar-refractivity contribution in [2.75, 3.05) is 0 Å². The first-order chi connectivity index (χ1) is 10.5. The maximum absolute atomic E-state index is 12.9. The minimum absolute atomic E-state index is 0.174. The molecular formula is C15H9BrFNO2S2. The topological polar surface area (TPSA) is 33.5 Å². The average Bonchev–Trinajstić information content (AvgIpc) is 3.00. The van der Waals surface area contributed by atoms with E-state index in [1.54, 1.807) is 30.3 Å². The fraction of sp³-hybridized carbons (Fsp3) is 0.0667. The van der Waals surface area contributed by atoms with E-state index in [4.69, 9.17) is 16.6 Å². The molecule has 22 heavy (non-hydrogen) atoms. The summed E-state index contributed by atoms with van der Waals surface area (Å²) in [5, 5.41) is 0. The standard InChI is InChI=1S/C15H9BrFNO2S2/c16-13-6-5-11(20-13)7-12-14(19)18(15(21)22-12)8-9-1-3-10(17)4-2-9/h1-7H,8H2/b12-7-. The van der Waals surface area contributed by atoms with Gasteiger partial charge in [-0.1, -0.05) is 36.1 Å². The summed E-state index contributed by atoms with van der Waals surface area (Å²) in [5.41, 5.74) is 0.819.